The van der Waals surface area contributed by atoms with Crippen LogP contribution >= 0.6 is 0 Å². The van der Waals surface area contributed by atoms with Crippen molar-refractivity contribution >= 4 is 17.5 Å². The third-order valence-electron chi connectivity index (χ3n) is 5.20. The summed E-state index contributed by atoms with van der Waals surface area (Å²) in [5, 5.41) is 15.0. The number of benzene rings is 1. The molecule has 1 atom stereocenters. The van der Waals surface area contributed by atoms with Crippen LogP contribution in [0.15, 0.2) is 24.3 Å². The molecule has 8 heteroatoms. The highest BCUT2D eigenvalue weighted by atomic mass is 16.2. The Morgan fingerprint density at radius 1 is 1.22 bits per heavy atom. The van der Waals surface area contributed by atoms with Crippen LogP contribution in [0.5, 0.6) is 0 Å². The number of nitrogens with zero attached hydrogens (tertiary/aromatic N) is 5. The number of tetrazole rings is 1. The van der Waals surface area contributed by atoms with Crippen LogP contribution in [0.25, 0.3) is 11.4 Å². The summed E-state index contributed by atoms with van der Waals surface area (Å²) in [4.78, 5) is 26.7. The molecule has 1 aliphatic heterocycles. The first-order valence-corrected chi connectivity index (χ1v) is 9.66. The first-order chi connectivity index (χ1) is 13.2. The molecule has 1 N–H and O–H groups in total. The van der Waals surface area contributed by atoms with Crippen LogP contribution in [-0.4, -0.2) is 49.5 Å². The maximum Gasteiger partial charge on any atom is 0.247 e. The van der Waals surface area contributed by atoms with Gasteiger partial charge in [-0.15, -0.1) is 5.10 Å². The standard InChI is InChI=1S/C19H24N6O2/c1-2-17(26)24-11-4-3-8-16(24)19(27)20-14-7-5-6-13(12-14)18-21-22-23-25(18)15-9-10-15/h5-7,12,15-16H,2-4,8-11H2,1H3,(H,20,27). The maximum atomic E-state index is 12.8. The van der Waals surface area contributed by atoms with E-state index in [0.29, 0.717) is 36.9 Å². The van der Waals surface area contributed by atoms with E-state index in [0.717, 1.165) is 31.2 Å². The van der Waals surface area contributed by atoms with E-state index in [-0.39, 0.29) is 11.8 Å². The number of piperidine rings is 1. The molecule has 4 rings (SSSR count). The van der Waals surface area contributed by atoms with Gasteiger partial charge in [-0.2, -0.15) is 0 Å². The lowest BCUT2D eigenvalue weighted by Crippen LogP contribution is -2.49. The number of hydrogen-bond acceptors (Lipinski definition) is 5. The van der Waals surface area contributed by atoms with Gasteiger partial charge in [0.2, 0.25) is 11.8 Å². The van der Waals surface area contributed by atoms with Crippen molar-refractivity contribution in [3.63, 3.8) is 0 Å². The Kier molecular flexibility index (Phi) is 4.87. The number of hydrogen-bond donors (Lipinski definition) is 1. The van der Waals surface area contributed by atoms with E-state index in [2.05, 4.69) is 20.8 Å². The van der Waals surface area contributed by atoms with Crippen LogP contribution < -0.4 is 5.32 Å². The molecule has 2 fully saturated rings. The predicted octanol–water partition coefficient (Wildman–Crippen LogP) is 2.40. The summed E-state index contributed by atoms with van der Waals surface area (Å²) >= 11 is 0. The van der Waals surface area contributed by atoms with E-state index in [1.165, 1.54) is 0 Å². The normalized spacial score (nSPS) is 19.7. The van der Waals surface area contributed by atoms with E-state index in [1.807, 2.05) is 35.9 Å². The zero-order chi connectivity index (χ0) is 18.8. The number of likely N-dealkylation sites (tertiary alicyclic amines) is 1. The maximum absolute atomic E-state index is 12.8. The van der Waals surface area contributed by atoms with Crippen molar-refractivity contribution < 1.29 is 9.59 Å². The molecule has 1 saturated heterocycles. The fourth-order valence-corrected chi connectivity index (χ4v) is 3.62. The van der Waals surface area contributed by atoms with E-state index in [9.17, 15) is 9.59 Å². The fourth-order valence-electron chi connectivity index (χ4n) is 3.62. The SMILES string of the molecule is CCC(=O)N1CCCCC1C(=O)Nc1cccc(-c2nnnn2C2CC2)c1. The molecule has 0 spiro atoms. The molecular weight excluding hydrogens is 344 g/mol. The van der Waals surface area contributed by atoms with E-state index >= 15 is 0 Å². The second kappa shape index (κ2) is 7.46. The molecule has 1 aromatic heterocycles. The zero-order valence-electron chi connectivity index (χ0n) is 15.5. The molecule has 2 aromatic rings. The summed E-state index contributed by atoms with van der Waals surface area (Å²) in [6.45, 7) is 2.49. The summed E-state index contributed by atoms with van der Waals surface area (Å²) in [5.41, 5.74) is 1.56. The molecule has 1 unspecified atom stereocenters. The molecule has 2 heterocycles. The molecule has 1 saturated carbocycles. The van der Waals surface area contributed by atoms with Crippen molar-refractivity contribution in [3.05, 3.63) is 24.3 Å². The number of nitrogens with one attached hydrogen (secondary N) is 1. The van der Waals surface area contributed by atoms with Crippen molar-refractivity contribution in [2.75, 3.05) is 11.9 Å². The topological polar surface area (TPSA) is 93.0 Å². The smallest absolute Gasteiger partial charge is 0.247 e. The van der Waals surface area contributed by atoms with E-state index in [4.69, 9.17) is 0 Å². The minimum atomic E-state index is -0.397. The van der Waals surface area contributed by atoms with E-state index in [1.54, 1.807) is 4.90 Å². The summed E-state index contributed by atoms with van der Waals surface area (Å²) in [6.07, 6.45) is 5.23. The van der Waals surface area contributed by atoms with Gasteiger partial charge in [0.15, 0.2) is 5.82 Å². The number of aromatic nitrogens is 4. The number of carbonyl (C=O) groups excluding carboxylic acids is 2. The summed E-state index contributed by atoms with van der Waals surface area (Å²) < 4.78 is 1.85. The van der Waals surface area contributed by atoms with Crippen LogP contribution in [0.3, 0.4) is 0 Å². The van der Waals surface area contributed by atoms with Crippen LogP contribution in [0.4, 0.5) is 5.69 Å². The molecule has 0 bridgehead atoms. The number of carbonyl (C=O) groups is 2. The van der Waals surface area contributed by atoms with Crippen LogP contribution in [0, 0.1) is 0 Å². The number of rotatable bonds is 5. The van der Waals surface area contributed by atoms with Crippen molar-refractivity contribution in [2.45, 2.75) is 57.5 Å². The number of amides is 2. The van der Waals surface area contributed by atoms with Crippen LogP contribution in [0.2, 0.25) is 0 Å². The van der Waals surface area contributed by atoms with E-state index < -0.39 is 6.04 Å². The van der Waals surface area contributed by atoms with Gasteiger partial charge in [0.05, 0.1) is 6.04 Å². The molecule has 0 radical (unpaired) electrons. The van der Waals surface area contributed by atoms with Crippen molar-refractivity contribution in [1.29, 1.82) is 0 Å². The fraction of sp³-hybridized carbons (Fsp3) is 0.526. The Morgan fingerprint density at radius 2 is 2.07 bits per heavy atom. The Labute approximate surface area is 157 Å². The van der Waals surface area contributed by atoms with Gasteiger partial charge in [0, 0.05) is 24.2 Å². The quantitative estimate of drug-likeness (QED) is 0.875. The molecule has 8 nitrogen and oxygen atoms in total. The molecule has 2 aliphatic rings. The molecule has 2 amide bonds. The van der Waals surface area contributed by atoms with Gasteiger partial charge < -0.3 is 10.2 Å². The molecule has 27 heavy (non-hydrogen) atoms. The predicted molar refractivity (Wildman–Crippen MR) is 99.8 cm³/mol. The van der Waals surface area contributed by atoms with Gasteiger partial charge in [-0.3, -0.25) is 9.59 Å². The van der Waals surface area contributed by atoms with Crippen LogP contribution in [0.1, 0.15) is 51.5 Å². The number of anilines is 1. The molecule has 142 valence electrons. The highest BCUT2D eigenvalue weighted by Crippen LogP contribution is 2.36. The van der Waals surface area contributed by atoms with Gasteiger partial charge in [0.1, 0.15) is 6.04 Å². The molecule has 1 aromatic carbocycles. The monoisotopic (exact) mass is 368 g/mol. The zero-order valence-corrected chi connectivity index (χ0v) is 15.5. The second-order valence-corrected chi connectivity index (χ2v) is 7.20. The molecule has 1 aliphatic carbocycles. The minimum Gasteiger partial charge on any atom is -0.331 e. The third kappa shape index (κ3) is 3.70. The van der Waals surface area contributed by atoms with Gasteiger partial charge in [0.25, 0.3) is 0 Å². The largest absolute Gasteiger partial charge is 0.331 e. The highest BCUT2D eigenvalue weighted by molar-refractivity contribution is 5.97. The Morgan fingerprint density at radius 3 is 2.85 bits per heavy atom. The minimum absolute atomic E-state index is 0.0345. The van der Waals surface area contributed by atoms with Crippen LogP contribution in [-0.2, 0) is 9.59 Å². The van der Waals surface area contributed by atoms with Crippen molar-refractivity contribution in [1.82, 2.24) is 25.1 Å². The Hall–Kier alpha value is -2.77. The van der Waals surface area contributed by atoms with Gasteiger partial charge in [-0.1, -0.05) is 19.1 Å². The Bertz CT molecular complexity index is 844. The first kappa shape index (κ1) is 17.6. The first-order valence-electron chi connectivity index (χ1n) is 9.66. The van der Waals surface area contributed by atoms with Gasteiger partial charge >= 0.3 is 0 Å². The third-order valence-corrected chi connectivity index (χ3v) is 5.20. The van der Waals surface area contributed by atoms with Gasteiger partial charge in [-0.25, -0.2) is 4.68 Å². The average Bonchev–Trinajstić information content (AvgIpc) is 3.43. The summed E-state index contributed by atoms with van der Waals surface area (Å²) in [6, 6.07) is 7.54. The van der Waals surface area contributed by atoms with Crippen molar-refractivity contribution in [3.8, 4) is 11.4 Å². The summed E-state index contributed by atoms with van der Waals surface area (Å²) in [5.74, 6) is 0.622. The average molecular weight is 368 g/mol. The lowest BCUT2D eigenvalue weighted by molar-refractivity contribution is -0.140. The second-order valence-electron chi connectivity index (χ2n) is 7.20. The Balaban J connectivity index is 1.51. The highest BCUT2D eigenvalue weighted by Gasteiger charge is 2.31. The molecular formula is C19H24N6O2. The van der Waals surface area contributed by atoms with Gasteiger partial charge in [-0.05, 0) is 54.7 Å². The summed E-state index contributed by atoms with van der Waals surface area (Å²) in [7, 11) is 0. The lowest BCUT2D eigenvalue weighted by Gasteiger charge is -2.34. The van der Waals surface area contributed by atoms with Crippen molar-refractivity contribution in [2.24, 2.45) is 0 Å². The lowest BCUT2D eigenvalue weighted by atomic mass is 10.0.